The predicted octanol–water partition coefficient (Wildman–Crippen LogP) is 2.50. The van der Waals surface area contributed by atoms with Crippen LogP contribution in [0.15, 0.2) is 18.2 Å². The van der Waals surface area contributed by atoms with Crippen LogP contribution < -0.4 is 5.73 Å². The minimum Gasteiger partial charge on any atom is -0.329 e. The second-order valence-electron chi connectivity index (χ2n) is 5.59. The zero-order chi connectivity index (χ0) is 14.7. The van der Waals surface area contributed by atoms with E-state index >= 15 is 0 Å². The lowest BCUT2D eigenvalue weighted by atomic mass is 9.98. The standard InChI is InChI=1S/C15H23ClFN3/c1-19-8-6-11(7-9-19)20(2)14(10-18)15-12(16)4-3-5-13(15)17/h3-5,11,14H,6-10,18H2,1-2H3. The molecule has 1 aromatic rings. The molecule has 1 saturated heterocycles. The third-order valence-electron chi connectivity index (χ3n) is 4.31. The number of benzene rings is 1. The van der Waals surface area contributed by atoms with Crippen molar-refractivity contribution in [3.8, 4) is 0 Å². The fourth-order valence-electron chi connectivity index (χ4n) is 2.97. The van der Waals surface area contributed by atoms with Crippen molar-refractivity contribution in [1.29, 1.82) is 0 Å². The summed E-state index contributed by atoms with van der Waals surface area (Å²) in [7, 11) is 4.15. The Morgan fingerprint density at radius 1 is 1.45 bits per heavy atom. The topological polar surface area (TPSA) is 32.5 Å². The van der Waals surface area contributed by atoms with Gasteiger partial charge in [0.15, 0.2) is 0 Å². The van der Waals surface area contributed by atoms with Crippen LogP contribution >= 0.6 is 11.6 Å². The van der Waals surface area contributed by atoms with Crippen molar-refractivity contribution in [2.75, 3.05) is 33.7 Å². The minimum atomic E-state index is -0.271. The molecule has 5 heteroatoms. The normalized spacial score (nSPS) is 19.5. The molecule has 0 spiro atoms. The van der Waals surface area contributed by atoms with E-state index in [1.165, 1.54) is 6.07 Å². The Morgan fingerprint density at radius 2 is 2.10 bits per heavy atom. The number of nitrogens with zero attached hydrogens (tertiary/aromatic N) is 2. The Kier molecular flexibility index (Phi) is 5.38. The minimum absolute atomic E-state index is 0.169. The molecule has 20 heavy (non-hydrogen) atoms. The second-order valence-corrected chi connectivity index (χ2v) is 5.99. The highest BCUT2D eigenvalue weighted by molar-refractivity contribution is 6.31. The van der Waals surface area contributed by atoms with Crippen LogP contribution in [-0.4, -0.2) is 49.6 Å². The SMILES string of the molecule is CN1CCC(N(C)C(CN)c2c(F)cccc2Cl)CC1. The van der Waals surface area contributed by atoms with Crippen molar-refractivity contribution >= 4 is 11.6 Å². The maximum Gasteiger partial charge on any atom is 0.129 e. The molecule has 3 nitrogen and oxygen atoms in total. The van der Waals surface area contributed by atoms with Crippen molar-refractivity contribution < 1.29 is 4.39 Å². The first-order valence-electron chi connectivity index (χ1n) is 7.09. The molecule has 0 amide bonds. The molecule has 1 fully saturated rings. The molecule has 112 valence electrons. The van der Waals surface area contributed by atoms with E-state index < -0.39 is 0 Å². The number of likely N-dealkylation sites (tertiary alicyclic amines) is 1. The van der Waals surface area contributed by atoms with Gasteiger partial charge < -0.3 is 10.6 Å². The highest BCUT2D eigenvalue weighted by Crippen LogP contribution is 2.31. The lowest BCUT2D eigenvalue weighted by Gasteiger charge is -2.39. The Bertz CT molecular complexity index is 426. The third-order valence-corrected chi connectivity index (χ3v) is 4.64. The maximum atomic E-state index is 14.1. The lowest BCUT2D eigenvalue weighted by molar-refractivity contribution is 0.108. The molecule has 1 aromatic carbocycles. The predicted molar refractivity (Wildman–Crippen MR) is 81.5 cm³/mol. The summed E-state index contributed by atoms with van der Waals surface area (Å²) in [6.45, 7) is 2.50. The van der Waals surface area contributed by atoms with Crippen LogP contribution in [0.2, 0.25) is 5.02 Å². The van der Waals surface area contributed by atoms with Crippen LogP contribution in [0.3, 0.4) is 0 Å². The average Bonchev–Trinajstić information content (AvgIpc) is 2.43. The lowest BCUT2D eigenvalue weighted by Crippen LogP contribution is -2.45. The van der Waals surface area contributed by atoms with Crippen LogP contribution in [0.1, 0.15) is 24.4 Å². The van der Waals surface area contributed by atoms with E-state index in [0.717, 1.165) is 25.9 Å². The molecule has 0 saturated carbocycles. The molecule has 1 atom stereocenters. The Labute approximate surface area is 125 Å². The van der Waals surface area contributed by atoms with E-state index in [0.29, 0.717) is 23.2 Å². The molecule has 0 aromatic heterocycles. The molecular weight excluding hydrogens is 277 g/mol. The molecule has 2 N–H and O–H groups in total. The number of piperidine rings is 1. The van der Waals surface area contributed by atoms with Gasteiger partial charge in [0, 0.05) is 23.2 Å². The van der Waals surface area contributed by atoms with E-state index in [2.05, 4.69) is 16.8 Å². The van der Waals surface area contributed by atoms with Crippen molar-refractivity contribution in [3.05, 3.63) is 34.6 Å². The maximum absolute atomic E-state index is 14.1. The van der Waals surface area contributed by atoms with Gasteiger partial charge >= 0.3 is 0 Å². The summed E-state index contributed by atoms with van der Waals surface area (Å²) in [6, 6.07) is 5.06. The number of rotatable bonds is 4. The van der Waals surface area contributed by atoms with Crippen molar-refractivity contribution in [2.45, 2.75) is 24.9 Å². The zero-order valence-electron chi connectivity index (χ0n) is 12.1. The number of halogens is 2. The van der Waals surface area contributed by atoms with Gasteiger partial charge in [0.1, 0.15) is 5.82 Å². The molecule has 1 heterocycles. The number of likely N-dealkylation sites (N-methyl/N-ethyl adjacent to an activating group) is 1. The number of nitrogens with two attached hydrogens (primary N) is 1. The molecule has 2 rings (SSSR count). The van der Waals surface area contributed by atoms with Crippen molar-refractivity contribution in [1.82, 2.24) is 9.80 Å². The average molecular weight is 300 g/mol. The Balaban J connectivity index is 2.19. The highest BCUT2D eigenvalue weighted by Gasteiger charge is 2.28. The van der Waals surface area contributed by atoms with Gasteiger partial charge in [-0.05, 0) is 52.2 Å². The first kappa shape index (κ1) is 15.7. The molecule has 0 bridgehead atoms. The van der Waals surface area contributed by atoms with Gasteiger partial charge in [0.25, 0.3) is 0 Å². The summed E-state index contributed by atoms with van der Waals surface area (Å²) in [5.74, 6) is -0.271. The van der Waals surface area contributed by atoms with E-state index in [1.807, 2.05) is 7.05 Å². The molecule has 1 aliphatic heterocycles. The molecule has 1 unspecified atom stereocenters. The summed E-state index contributed by atoms with van der Waals surface area (Å²) in [6.07, 6.45) is 2.16. The van der Waals surface area contributed by atoms with Gasteiger partial charge in [-0.15, -0.1) is 0 Å². The number of hydrogen-bond acceptors (Lipinski definition) is 3. The second kappa shape index (κ2) is 6.85. The van der Waals surface area contributed by atoms with Gasteiger partial charge in [-0.1, -0.05) is 17.7 Å². The Morgan fingerprint density at radius 3 is 2.65 bits per heavy atom. The quantitative estimate of drug-likeness (QED) is 0.927. The summed E-state index contributed by atoms with van der Waals surface area (Å²) in [5, 5.41) is 0.459. The third kappa shape index (κ3) is 3.31. The van der Waals surface area contributed by atoms with Crippen LogP contribution in [0.4, 0.5) is 4.39 Å². The smallest absolute Gasteiger partial charge is 0.129 e. The summed E-state index contributed by atoms with van der Waals surface area (Å²) < 4.78 is 14.1. The molecule has 0 radical (unpaired) electrons. The van der Waals surface area contributed by atoms with Gasteiger partial charge in [0.05, 0.1) is 6.04 Å². The summed E-state index contributed by atoms with van der Waals surface area (Å²) in [5.41, 5.74) is 6.43. The fourth-order valence-corrected chi connectivity index (χ4v) is 3.26. The van der Waals surface area contributed by atoms with Crippen molar-refractivity contribution in [2.24, 2.45) is 5.73 Å². The van der Waals surface area contributed by atoms with E-state index in [4.69, 9.17) is 17.3 Å². The van der Waals surface area contributed by atoms with Crippen molar-refractivity contribution in [3.63, 3.8) is 0 Å². The van der Waals surface area contributed by atoms with Gasteiger partial charge in [-0.25, -0.2) is 4.39 Å². The van der Waals surface area contributed by atoms with E-state index in [-0.39, 0.29) is 11.9 Å². The largest absolute Gasteiger partial charge is 0.329 e. The monoisotopic (exact) mass is 299 g/mol. The van der Waals surface area contributed by atoms with Crippen LogP contribution in [0.25, 0.3) is 0 Å². The highest BCUT2D eigenvalue weighted by atomic mass is 35.5. The van der Waals surface area contributed by atoms with Crippen LogP contribution in [0.5, 0.6) is 0 Å². The number of hydrogen-bond donors (Lipinski definition) is 1. The van der Waals surface area contributed by atoms with Gasteiger partial charge in [0.2, 0.25) is 0 Å². The first-order chi connectivity index (χ1) is 9.54. The van der Waals surface area contributed by atoms with Crippen LogP contribution in [-0.2, 0) is 0 Å². The molecule has 0 aliphatic carbocycles. The fraction of sp³-hybridized carbons (Fsp3) is 0.600. The van der Waals surface area contributed by atoms with E-state index in [1.54, 1.807) is 12.1 Å². The summed E-state index contributed by atoms with van der Waals surface area (Å²) >= 11 is 6.18. The van der Waals surface area contributed by atoms with Crippen LogP contribution in [0, 0.1) is 5.82 Å². The summed E-state index contributed by atoms with van der Waals surface area (Å²) in [4.78, 5) is 4.51. The van der Waals surface area contributed by atoms with Gasteiger partial charge in [-0.2, -0.15) is 0 Å². The first-order valence-corrected chi connectivity index (χ1v) is 7.46. The molecular formula is C15H23ClFN3. The zero-order valence-corrected chi connectivity index (χ0v) is 12.9. The molecule has 1 aliphatic rings. The van der Waals surface area contributed by atoms with E-state index in [9.17, 15) is 4.39 Å². The van der Waals surface area contributed by atoms with Gasteiger partial charge in [-0.3, -0.25) is 4.90 Å². The Hall–Kier alpha value is -0.680.